The number of hydrazone groups is 1. The van der Waals surface area contributed by atoms with E-state index in [0.29, 0.717) is 6.61 Å². The summed E-state index contributed by atoms with van der Waals surface area (Å²) in [5.74, 6) is 0.228. The van der Waals surface area contributed by atoms with Gasteiger partial charge in [-0.1, -0.05) is 54.1 Å². The van der Waals surface area contributed by atoms with Crippen LogP contribution in [-0.2, 0) is 6.61 Å². The van der Waals surface area contributed by atoms with E-state index in [4.69, 9.17) is 4.74 Å². The molecule has 0 aromatic heterocycles. The zero-order chi connectivity index (χ0) is 22.5. The lowest BCUT2D eigenvalue weighted by molar-refractivity contribution is 0.0952. The van der Waals surface area contributed by atoms with Crippen LogP contribution in [0.25, 0.3) is 10.8 Å². The molecule has 0 aliphatic heterocycles. The number of amides is 1. The van der Waals surface area contributed by atoms with Gasteiger partial charge in [-0.05, 0) is 81.7 Å². The molecule has 0 spiro atoms. The fraction of sp³-hybridized carbons (Fsp3) is 0.0769. The molecule has 0 heterocycles. The van der Waals surface area contributed by atoms with Gasteiger partial charge in [0.05, 0.1) is 15.3 Å². The maximum absolute atomic E-state index is 12.5. The van der Waals surface area contributed by atoms with Gasteiger partial charge in [0.25, 0.3) is 5.91 Å². The highest BCUT2D eigenvalue weighted by molar-refractivity contribution is 14.1. The van der Waals surface area contributed by atoms with Crippen LogP contribution >= 0.6 is 22.6 Å². The summed E-state index contributed by atoms with van der Waals surface area (Å²) in [6, 6.07) is 24.7. The molecule has 0 unspecified atom stereocenters. The second kappa shape index (κ2) is 9.82. The van der Waals surface area contributed by atoms with Crippen molar-refractivity contribution < 1.29 is 14.6 Å². The minimum atomic E-state index is -0.475. The number of nitrogens with one attached hydrogen (secondary N) is 1. The van der Waals surface area contributed by atoms with Gasteiger partial charge in [0.2, 0.25) is 0 Å². The zero-order valence-electron chi connectivity index (χ0n) is 17.4. The van der Waals surface area contributed by atoms with Crippen LogP contribution in [0.2, 0.25) is 0 Å². The molecule has 32 heavy (non-hydrogen) atoms. The smallest absolute Gasteiger partial charge is 0.275 e. The van der Waals surface area contributed by atoms with Crippen molar-refractivity contribution in [3.8, 4) is 11.5 Å². The number of rotatable bonds is 6. The molecule has 2 N–H and O–H groups in total. The molecule has 4 aromatic rings. The fourth-order valence-electron chi connectivity index (χ4n) is 3.20. The molecular weight excluding hydrogens is 515 g/mol. The van der Waals surface area contributed by atoms with Gasteiger partial charge in [-0.15, -0.1) is 0 Å². The molecular formula is C26H21IN2O3. The summed E-state index contributed by atoms with van der Waals surface area (Å²) < 4.78 is 6.86. The molecule has 0 saturated heterocycles. The second-order valence-corrected chi connectivity index (χ2v) is 8.54. The molecule has 0 radical (unpaired) electrons. The van der Waals surface area contributed by atoms with E-state index in [-0.39, 0.29) is 11.3 Å². The number of phenolic OH excluding ortho intramolecular Hbond substituents is 1. The highest BCUT2D eigenvalue weighted by Crippen LogP contribution is 2.25. The summed E-state index contributed by atoms with van der Waals surface area (Å²) >= 11 is 2.21. The van der Waals surface area contributed by atoms with Crippen LogP contribution in [0.15, 0.2) is 84.0 Å². The lowest BCUT2D eigenvalue weighted by Crippen LogP contribution is -2.17. The van der Waals surface area contributed by atoms with Gasteiger partial charge in [-0.2, -0.15) is 5.10 Å². The predicted octanol–water partition coefficient (Wildman–Crippen LogP) is 5.80. The van der Waals surface area contributed by atoms with Crippen molar-refractivity contribution >= 4 is 45.5 Å². The number of carbonyl (C=O) groups excluding carboxylic acids is 1. The molecule has 0 aliphatic carbocycles. The predicted molar refractivity (Wildman–Crippen MR) is 135 cm³/mol. The van der Waals surface area contributed by atoms with Gasteiger partial charge >= 0.3 is 0 Å². The van der Waals surface area contributed by atoms with Crippen molar-refractivity contribution in [1.29, 1.82) is 0 Å². The van der Waals surface area contributed by atoms with Gasteiger partial charge < -0.3 is 9.84 Å². The molecule has 0 atom stereocenters. The largest absolute Gasteiger partial charge is 0.507 e. The number of halogens is 1. The Hall–Kier alpha value is -3.39. The van der Waals surface area contributed by atoms with Crippen molar-refractivity contribution in [2.24, 2.45) is 5.10 Å². The SMILES string of the molecule is Cc1ccc(COc2ccc(C=NNC(=O)c3cc4ccccc4cc3O)cc2I)cc1. The third kappa shape index (κ3) is 5.26. The van der Waals surface area contributed by atoms with Gasteiger partial charge in [-0.3, -0.25) is 4.79 Å². The minimum absolute atomic E-state index is 0.0824. The van der Waals surface area contributed by atoms with E-state index in [1.165, 1.54) is 5.56 Å². The number of hydrogen-bond donors (Lipinski definition) is 2. The topological polar surface area (TPSA) is 70.9 Å². The Labute approximate surface area is 199 Å². The highest BCUT2D eigenvalue weighted by Gasteiger charge is 2.11. The average Bonchev–Trinajstić information content (AvgIpc) is 2.79. The molecule has 160 valence electrons. The van der Waals surface area contributed by atoms with Crippen molar-refractivity contribution in [1.82, 2.24) is 5.43 Å². The van der Waals surface area contributed by atoms with Crippen LogP contribution in [0.3, 0.4) is 0 Å². The fourth-order valence-corrected chi connectivity index (χ4v) is 3.89. The highest BCUT2D eigenvalue weighted by atomic mass is 127. The van der Waals surface area contributed by atoms with Crippen LogP contribution in [-0.4, -0.2) is 17.2 Å². The van der Waals surface area contributed by atoms with Crippen molar-refractivity contribution in [2.75, 3.05) is 0 Å². The number of nitrogens with zero attached hydrogens (tertiary/aromatic N) is 1. The Morgan fingerprint density at radius 3 is 2.47 bits per heavy atom. The standard InChI is InChI=1S/C26H21IN2O3/c1-17-6-8-18(9-7-17)16-32-25-11-10-19(12-23(25)27)15-28-29-26(31)22-13-20-4-2-3-5-21(20)14-24(22)30/h2-15,30H,16H2,1H3,(H,29,31). The number of aromatic hydroxyl groups is 1. The number of phenols is 1. The maximum Gasteiger partial charge on any atom is 0.275 e. The monoisotopic (exact) mass is 536 g/mol. The molecule has 0 fully saturated rings. The van der Waals surface area contributed by atoms with Crippen LogP contribution in [0.1, 0.15) is 27.0 Å². The Bertz CT molecular complexity index is 1300. The molecule has 6 heteroatoms. The van der Waals surface area contributed by atoms with Gasteiger partial charge in [0.1, 0.15) is 18.1 Å². The first-order chi connectivity index (χ1) is 15.5. The van der Waals surface area contributed by atoms with Gasteiger partial charge in [-0.25, -0.2) is 5.43 Å². The first-order valence-electron chi connectivity index (χ1n) is 10.0. The van der Waals surface area contributed by atoms with E-state index in [9.17, 15) is 9.90 Å². The number of fused-ring (bicyclic) bond motifs is 1. The second-order valence-electron chi connectivity index (χ2n) is 7.38. The Balaban J connectivity index is 1.39. The minimum Gasteiger partial charge on any atom is -0.507 e. The van der Waals surface area contributed by atoms with Crippen molar-refractivity contribution in [3.63, 3.8) is 0 Å². The van der Waals surface area contributed by atoms with E-state index in [0.717, 1.165) is 31.2 Å². The summed E-state index contributed by atoms with van der Waals surface area (Å²) in [6.07, 6.45) is 1.56. The van der Waals surface area contributed by atoms with E-state index in [1.54, 1.807) is 18.3 Å². The van der Waals surface area contributed by atoms with E-state index >= 15 is 0 Å². The van der Waals surface area contributed by atoms with Crippen molar-refractivity contribution in [3.05, 3.63) is 105 Å². The quantitative estimate of drug-likeness (QED) is 0.186. The molecule has 5 nitrogen and oxygen atoms in total. The first kappa shape index (κ1) is 21.8. The van der Waals surface area contributed by atoms with Crippen LogP contribution in [0.4, 0.5) is 0 Å². The van der Waals surface area contributed by atoms with Gasteiger partial charge in [0, 0.05) is 0 Å². The molecule has 4 aromatic carbocycles. The first-order valence-corrected chi connectivity index (χ1v) is 11.1. The normalized spacial score (nSPS) is 11.1. The van der Waals surface area contributed by atoms with E-state index in [1.807, 2.05) is 42.5 Å². The zero-order valence-corrected chi connectivity index (χ0v) is 19.5. The Kier molecular flexibility index (Phi) is 6.70. The molecule has 0 aliphatic rings. The lowest BCUT2D eigenvalue weighted by atomic mass is 10.1. The van der Waals surface area contributed by atoms with E-state index < -0.39 is 5.91 Å². The van der Waals surface area contributed by atoms with Crippen LogP contribution < -0.4 is 10.2 Å². The Morgan fingerprint density at radius 2 is 1.75 bits per heavy atom. The molecule has 0 bridgehead atoms. The van der Waals surface area contributed by atoms with Crippen LogP contribution in [0, 0.1) is 10.5 Å². The molecule has 1 amide bonds. The molecule has 0 saturated carbocycles. The number of hydrogen-bond acceptors (Lipinski definition) is 4. The number of benzene rings is 4. The number of carbonyl (C=O) groups is 1. The summed E-state index contributed by atoms with van der Waals surface area (Å²) in [7, 11) is 0. The lowest BCUT2D eigenvalue weighted by Gasteiger charge is -2.09. The summed E-state index contributed by atoms with van der Waals surface area (Å²) in [6.45, 7) is 2.55. The number of ether oxygens (including phenoxy) is 1. The average molecular weight is 536 g/mol. The Morgan fingerprint density at radius 1 is 1.03 bits per heavy atom. The molecule has 4 rings (SSSR count). The summed E-state index contributed by atoms with van der Waals surface area (Å²) in [4.78, 5) is 12.5. The van der Waals surface area contributed by atoms with Crippen LogP contribution in [0.5, 0.6) is 11.5 Å². The van der Waals surface area contributed by atoms with Crippen molar-refractivity contribution in [2.45, 2.75) is 13.5 Å². The third-order valence-corrected chi connectivity index (χ3v) is 5.80. The summed E-state index contributed by atoms with van der Waals surface area (Å²) in [5.41, 5.74) is 5.80. The third-order valence-electron chi connectivity index (χ3n) is 4.96. The van der Waals surface area contributed by atoms with Gasteiger partial charge in [0.15, 0.2) is 0 Å². The van der Waals surface area contributed by atoms with E-state index in [2.05, 4.69) is 64.3 Å². The summed E-state index contributed by atoms with van der Waals surface area (Å²) in [5, 5.41) is 15.9. The number of aryl methyl sites for hydroxylation is 1. The maximum atomic E-state index is 12.5.